The molecule has 0 aromatic carbocycles. The summed E-state index contributed by atoms with van der Waals surface area (Å²) in [7, 11) is 0. The molecule has 0 unspecified atom stereocenters. The molecule has 0 radical (unpaired) electrons. The second-order valence-corrected chi connectivity index (χ2v) is 9.72. The molecular weight excluding hydrogens is 422 g/mol. The number of nitrogens with zero attached hydrogens (tertiary/aromatic N) is 5. The SMILES string of the molecule is CC1CCN(c2cc(N3CCCCCC3)nc(NC(=S)NCCN3CCOCC3)n2)CC1. The Hall–Kier alpha value is -1.71. The van der Waals surface area contributed by atoms with E-state index in [0.717, 1.165) is 83.1 Å². The van der Waals surface area contributed by atoms with Crippen molar-refractivity contribution in [1.29, 1.82) is 0 Å². The molecule has 8 nitrogen and oxygen atoms in total. The van der Waals surface area contributed by atoms with Crippen LogP contribution < -0.4 is 20.4 Å². The van der Waals surface area contributed by atoms with Crippen LogP contribution in [0.4, 0.5) is 17.6 Å². The third-order valence-electron chi connectivity index (χ3n) is 6.78. The molecule has 0 atom stereocenters. The third kappa shape index (κ3) is 6.89. The Morgan fingerprint density at radius 2 is 1.59 bits per heavy atom. The number of nitrogens with one attached hydrogen (secondary N) is 2. The number of hydrogen-bond donors (Lipinski definition) is 2. The molecule has 0 aliphatic carbocycles. The summed E-state index contributed by atoms with van der Waals surface area (Å²) < 4.78 is 5.42. The first-order valence-corrected chi connectivity index (χ1v) is 12.8. The van der Waals surface area contributed by atoms with E-state index >= 15 is 0 Å². The lowest BCUT2D eigenvalue weighted by molar-refractivity contribution is 0.0389. The van der Waals surface area contributed by atoms with Gasteiger partial charge in [-0.15, -0.1) is 0 Å². The highest BCUT2D eigenvalue weighted by Crippen LogP contribution is 2.27. The van der Waals surface area contributed by atoms with Crippen LogP contribution in [0, 0.1) is 5.92 Å². The molecule has 3 aliphatic heterocycles. The highest BCUT2D eigenvalue weighted by Gasteiger charge is 2.21. The highest BCUT2D eigenvalue weighted by molar-refractivity contribution is 7.80. The van der Waals surface area contributed by atoms with E-state index in [2.05, 4.69) is 38.3 Å². The van der Waals surface area contributed by atoms with Crippen LogP contribution in [0.5, 0.6) is 0 Å². The van der Waals surface area contributed by atoms with Crippen LogP contribution in [-0.2, 0) is 4.74 Å². The van der Waals surface area contributed by atoms with E-state index in [1.807, 2.05) is 0 Å². The van der Waals surface area contributed by atoms with Gasteiger partial charge < -0.3 is 25.2 Å². The van der Waals surface area contributed by atoms with Gasteiger partial charge in [0.15, 0.2) is 5.11 Å². The Morgan fingerprint density at radius 1 is 0.969 bits per heavy atom. The molecule has 0 spiro atoms. The fourth-order valence-corrected chi connectivity index (χ4v) is 4.83. The van der Waals surface area contributed by atoms with Crippen LogP contribution in [0.15, 0.2) is 6.07 Å². The maximum Gasteiger partial charge on any atom is 0.232 e. The zero-order valence-electron chi connectivity index (χ0n) is 19.5. The Bertz CT molecular complexity index is 727. The molecule has 4 heterocycles. The van der Waals surface area contributed by atoms with Crippen molar-refractivity contribution in [2.24, 2.45) is 5.92 Å². The van der Waals surface area contributed by atoms with Gasteiger partial charge in [-0.1, -0.05) is 19.8 Å². The molecule has 32 heavy (non-hydrogen) atoms. The summed E-state index contributed by atoms with van der Waals surface area (Å²) in [6.07, 6.45) is 7.50. The van der Waals surface area contributed by atoms with Crippen molar-refractivity contribution >= 4 is 34.9 Å². The molecule has 4 rings (SSSR count). The molecule has 2 N–H and O–H groups in total. The van der Waals surface area contributed by atoms with Gasteiger partial charge in [-0.3, -0.25) is 4.90 Å². The summed E-state index contributed by atoms with van der Waals surface area (Å²) in [6, 6.07) is 2.18. The number of ether oxygens (including phenoxy) is 1. The fraction of sp³-hybridized carbons (Fsp3) is 0.783. The van der Waals surface area contributed by atoms with Gasteiger partial charge in [0, 0.05) is 58.4 Å². The van der Waals surface area contributed by atoms with Crippen LogP contribution in [0.1, 0.15) is 45.4 Å². The summed E-state index contributed by atoms with van der Waals surface area (Å²) in [5, 5.41) is 7.17. The van der Waals surface area contributed by atoms with Gasteiger partial charge in [-0.2, -0.15) is 9.97 Å². The minimum absolute atomic E-state index is 0.587. The Balaban J connectivity index is 1.41. The minimum Gasteiger partial charge on any atom is -0.379 e. The second kappa shape index (κ2) is 12.0. The molecule has 1 aromatic heterocycles. The van der Waals surface area contributed by atoms with Gasteiger partial charge in [0.25, 0.3) is 0 Å². The van der Waals surface area contributed by atoms with Gasteiger partial charge in [0.05, 0.1) is 13.2 Å². The first-order valence-electron chi connectivity index (χ1n) is 12.4. The Kier molecular flexibility index (Phi) is 8.76. The number of anilines is 3. The predicted octanol–water partition coefficient (Wildman–Crippen LogP) is 2.71. The molecule has 0 amide bonds. The normalized spacial score (nSPS) is 21.3. The molecule has 3 aliphatic rings. The molecule has 9 heteroatoms. The molecule has 3 fully saturated rings. The van der Waals surface area contributed by atoms with Gasteiger partial charge >= 0.3 is 0 Å². The summed E-state index contributed by atoms with van der Waals surface area (Å²) in [6.45, 7) is 11.9. The fourth-order valence-electron chi connectivity index (χ4n) is 4.64. The quantitative estimate of drug-likeness (QED) is 0.622. The summed E-state index contributed by atoms with van der Waals surface area (Å²) >= 11 is 5.57. The standard InChI is InChI=1S/C23H39N7OS/c1-19-6-11-30(12-7-19)21-18-20(29-9-4-2-3-5-10-29)25-22(26-21)27-23(32)24-8-13-28-14-16-31-17-15-28/h18-19H,2-17H2,1H3,(H2,24,25,26,27,32). The topological polar surface area (TPSA) is 68.8 Å². The number of piperidine rings is 1. The van der Waals surface area contributed by atoms with Crippen molar-refractivity contribution in [3.63, 3.8) is 0 Å². The van der Waals surface area contributed by atoms with E-state index in [9.17, 15) is 0 Å². The maximum atomic E-state index is 5.57. The van der Waals surface area contributed by atoms with Gasteiger partial charge in [0.2, 0.25) is 5.95 Å². The van der Waals surface area contributed by atoms with Crippen molar-refractivity contribution in [2.45, 2.75) is 45.4 Å². The largest absolute Gasteiger partial charge is 0.379 e. The van der Waals surface area contributed by atoms with Crippen molar-refractivity contribution in [3.05, 3.63) is 6.07 Å². The number of hydrogen-bond acceptors (Lipinski definition) is 7. The average molecular weight is 462 g/mol. The van der Waals surface area contributed by atoms with Crippen molar-refractivity contribution in [3.8, 4) is 0 Å². The number of rotatable bonds is 6. The first-order chi connectivity index (χ1) is 15.7. The molecule has 0 saturated carbocycles. The van der Waals surface area contributed by atoms with Gasteiger partial charge in [-0.05, 0) is 43.8 Å². The molecular formula is C23H39N7OS. The van der Waals surface area contributed by atoms with E-state index < -0.39 is 0 Å². The lowest BCUT2D eigenvalue weighted by Crippen LogP contribution is -2.42. The van der Waals surface area contributed by atoms with Crippen LogP contribution in [-0.4, -0.2) is 85.6 Å². The molecule has 1 aromatic rings. The molecule has 178 valence electrons. The maximum absolute atomic E-state index is 5.57. The number of morpholine rings is 1. The predicted molar refractivity (Wildman–Crippen MR) is 135 cm³/mol. The zero-order valence-corrected chi connectivity index (χ0v) is 20.3. The lowest BCUT2D eigenvalue weighted by atomic mass is 9.99. The van der Waals surface area contributed by atoms with Gasteiger partial charge in [-0.25, -0.2) is 0 Å². The summed E-state index contributed by atoms with van der Waals surface area (Å²) in [5.41, 5.74) is 0. The monoisotopic (exact) mass is 461 g/mol. The smallest absolute Gasteiger partial charge is 0.232 e. The second-order valence-electron chi connectivity index (χ2n) is 9.31. The number of thiocarbonyl (C=S) groups is 1. The average Bonchev–Trinajstić information content (AvgIpc) is 3.10. The van der Waals surface area contributed by atoms with Gasteiger partial charge in [0.1, 0.15) is 11.6 Å². The van der Waals surface area contributed by atoms with Crippen molar-refractivity contribution in [2.75, 3.05) is 80.7 Å². The van der Waals surface area contributed by atoms with Crippen LogP contribution in [0.3, 0.4) is 0 Å². The Morgan fingerprint density at radius 3 is 2.25 bits per heavy atom. The van der Waals surface area contributed by atoms with Crippen molar-refractivity contribution < 1.29 is 4.74 Å². The third-order valence-corrected chi connectivity index (χ3v) is 7.03. The van der Waals surface area contributed by atoms with E-state index in [4.69, 9.17) is 26.9 Å². The summed E-state index contributed by atoms with van der Waals surface area (Å²) in [4.78, 5) is 17.0. The van der Waals surface area contributed by atoms with E-state index in [1.54, 1.807) is 0 Å². The highest BCUT2D eigenvalue weighted by atomic mass is 32.1. The molecule has 3 saturated heterocycles. The molecule has 0 bridgehead atoms. The minimum atomic E-state index is 0.587. The van der Waals surface area contributed by atoms with Crippen LogP contribution in [0.25, 0.3) is 0 Å². The van der Waals surface area contributed by atoms with E-state index in [-0.39, 0.29) is 0 Å². The zero-order chi connectivity index (χ0) is 22.2. The Labute approximate surface area is 198 Å². The van der Waals surface area contributed by atoms with Crippen LogP contribution >= 0.6 is 12.2 Å². The first kappa shape index (κ1) is 23.4. The van der Waals surface area contributed by atoms with Crippen molar-refractivity contribution in [1.82, 2.24) is 20.2 Å². The lowest BCUT2D eigenvalue weighted by Gasteiger charge is -2.32. The summed E-state index contributed by atoms with van der Waals surface area (Å²) in [5.74, 6) is 3.43. The van der Waals surface area contributed by atoms with Crippen LogP contribution in [0.2, 0.25) is 0 Å². The van der Waals surface area contributed by atoms with E-state index in [1.165, 1.54) is 38.5 Å². The number of aromatic nitrogens is 2. The van der Waals surface area contributed by atoms with E-state index in [0.29, 0.717) is 11.1 Å².